The number of hydrogen-bond acceptors (Lipinski definition) is 3. The first-order valence-electron chi connectivity index (χ1n) is 6.23. The minimum Gasteiger partial charge on any atom is -0.480 e. The van der Waals surface area contributed by atoms with Gasteiger partial charge in [0, 0.05) is 0 Å². The fourth-order valence-corrected chi connectivity index (χ4v) is 1.54. The van der Waals surface area contributed by atoms with Crippen molar-refractivity contribution in [1.29, 1.82) is 0 Å². The molecule has 0 heterocycles. The lowest BCUT2D eigenvalue weighted by atomic mass is 9.92. The largest absolute Gasteiger partial charge is 0.480 e. The van der Waals surface area contributed by atoms with E-state index in [-0.39, 0.29) is 5.91 Å². The van der Waals surface area contributed by atoms with Gasteiger partial charge in [-0.3, -0.25) is 4.79 Å². The van der Waals surface area contributed by atoms with Crippen molar-refractivity contribution < 1.29 is 14.7 Å². The zero-order chi connectivity index (χ0) is 13.5. The van der Waals surface area contributed by atoms with Crippen molar-refractivity contribution in [1.82, 2.24) is 5.32 Å². The highest BCUT2D eigenvalue weighted by molar-refractivity contribution is 5.89. The van der Waals surface area contributed by atoms with Gasteiger partial charge in [-0.1, -0.05) is 33.6 Å². The Hall–Kier alpha value is -1.10. The zero-order valence-electron chi connectivity index (χ0n) is 11.0. The molecule has 0 spiro atoms. The summed E-state index contributed by atoms with van der Waals surface area (Å²) in [6, 6.07) is -0.830. The molecule has 0 saturated heterocycles. The summed E-state index contributed by atoms with van der Waals surface area (Å²) in [6.45, 7) is 5.63. The summed E-state index contributed by atoms with van der Waals surface area (Å²) in [5.74, 6) is -1.37. The van der Waals surface area contributed by atoms with Gasteiger partial charge in [0.1, 0.15) is 6.04 Å². The Kier molecular flexibility index (Phi) is 6.80. The van der Waals surface area contributed by atoms with Gasteiger partial charge in [-0.15, -0.1) is 0 Å². The zero-order valence-corrected chi connectivity index (χ0v) is 11.0. The molecule has 1 unspecified atom stereocenters. The van der Waals surface area contributed by atoms with Crippen LogP contribution in [0.2, 0.25) is 0 Å². The highest BCUT2D eigenvalue weighted by Crippen LogP contribution is 2.12. The lowest BCUT2D eigenvalue weighted by Crippen LogP contribution is -2.56. The fourth-order valence-electron chi connectivity index (χ4n) is 1.54. The van der Waals surface area contributed by atoms with Crippen LogP contribution in [-0.4, -0.2) is 28.6 Å². The van der Waals surface area contributed by atoms with E-state index in [2.05, 4.69) is 5.32 Å². The molecule has 17 heavy (non-hydrogen) atoms. The van der Waals surface area contributed by atoms with Gasteiger partial charge in [0.05, 0.1) is 5.54 Å². The van der Waals surface area contributed by atoms with Gasteiger partial charge in [-0.05, 0) is 19.3 Å². The Morgan fingerprint density at radius 1 is 1.29 bits per heavy atom. The number of carbonyl (C=O) groups is 2. The molecule has 0 bridgehead atoms. The van der Waals surface area contributed by atoms with Crippen molar-refractivity contribution in [2.24, 2.45) is 5.73 Å². The van der Waals surface area contributed by atoms with E-state index < -0.39 is 17.6 Å². The summed E-state index contributed by atoms with van der Waals surface area (Å²) < 4.78 is 0. The third kappa shape index (κ3) is 4.73. The Balaban J connectivity index is 4.54. The van der Waals surface area contributed by atoms with Gasteiger partial charge in [0.25, 0.3) is 0 Å². The molecule has 0 aromatic heterocycles. The number of aliphatic carboxylic acids is 1. The summed E-state index contributed by atoms with van der Waals surface area (Å²) in [5, 5.41) is 11.5. The van der Waals surface area contributed by atoms with E-state index in [9.17, 15) is 9.59 Å². The van der Waals surface area contributed by atoms with Gasteiger partial charge >= 0.3 is 5.97 Å². The van der Waals surface area contributed by atoms with E-state index in [1.165, 1.54) is 0 Å². The fraction of sp³-hybridized carbons (Fsp3) is 0.833. The highest BCUT2D eigenvalue weighted by atomic mass is 16.4. The standard InChI is InChI=1S/C12H24N2O3/c1-4-7-8-9(10(15)16)14-11(17)12(13,5-2)6-3/h9H,4-8,13H2,1-3H3,(H,14,17)(H,15,16). The van der Waals surface area contributed by atoms with Crippen LogP contribution in [0.4, 0.5) is 0 Å². The van der Waals surface area contributed by atoms with Crippen LogP contribution < -0.4 is 11.1 Å². The number of hydrogen-bond donors (Lipinski definition) is 3. The second-order valence-corrected chi connectivity index (χ2v) is 4.37. The number of carboxylic acid groups (broad SMARTS) is 1. The minimum absolute atomic E-state index is 0.369. The molecule has 0 aromatic carbocycles. The quantitative estimate of drug-likeness (QED) is 0.599. The van der Waals surface area contributed by atoms with Gasteiger partial charge < -0.3 is 16.2 Å². The lowest BCUT2D eigenvalue weighted by Gasteiger charge is -2.27. The van der Waals surface area contributed by atoms with Gasteiger partial charge in [0.2, 0.25) is 5.91 Å². The molecule has 100 valence electrons. The lowest BCUT2D eigenvalue weighted by molar-refractivity contribution is -0.143. The van der Waals surface area contributed by atoms with Gasteiger partial charge in [0.15, 0.2) is 0 Å². The molecule has 5 nitrogen and oxygen atoms in total. The number of rotatable bonds is 8. The third-order valence-corrected chi connectivity index (χ3v) is 3.16. The maximum atomic E-state index is 11.9. The van der Waals surface area contributed by atoms with Crippen molar-refractivity contribution in [3.05, 3.63) is 0 Å². The topological polar surface area (TPSA) is 92.4 Å². The van der Waals surface area contributed by atoms with Gasteiger partial charge in [-0.25, -0.2) is 4.79 Å². The summed E-state index contributed by atoms with van der Waals surface area (Å²) in [5.41, 5.74) is 4.95. The normalized spacial score (nSPS) is 13.2. The van der Waals surface area contributed by atoms with Crippen molar-refractivity contribution in [2.45, 2.75) is 64.5 Å². The third-order valence-electron chi connectivity index (χ3n) is 3.16. The Labute approximate surface area is 103 Å². The van der Waals surface area contributed by atoms with Crippen molar-refractivity contribution in [3.8, 4) is 0 Å². The molecule has 5 heteroatoms. The molecule has 0 radical (unpaired) electrons. The van der Waals surface area contributed by atoms with E-state index in [1.54, 1.807) is 0 Å². The second-order valence-electron chi connectivity index (χ2n) is 4.37. The molecule has 0 rings (SSSR count). The second kappa shape index (κ2) is 7.27. The summed E-state index contributed by atoms with van der Waals surface area (Å²) in [6.07, 6.45) is 3.11. The van der Waals surface area contributed by atoms with E-state index >= 15 is 0 Å². The minimum atomic E-state index is -0.999. The first kappa shape index (κ1) is 15.9. The van der Waals surface area contributed by atoms with E-state index in [1.807, 2.05) is 20.8 Å². The molecule has 0 fully saturated rings. The summed E-state index contributed by atoms with van der Waals surface area (Å²) in [7, 11) is 0. The van der Waals surface area contributed by atoms with Crippen LogP contribution in [0.25, 0.3) is 0 Å². The van der Waals surface area contributed by atoms with Crippen LogP contribution in [0.1, 0.15) is 52.9 Å². The van der Waals surface area contributed by atoms with Crippen LogP contribution in [0.15, 0.2) is 0 Å². The average molecular weight is 244 g/mol. The molecule has 1 amide bonds. The Morgan fingerprint density at radius 3 is 2.18 bits per heavy atom. The number of nitrogens with one attached hydrogen (secondary N) is 1. The van der Waals surface area contributed by atoms with E-state index in [0.717, 1.165) is 12.8 Å². The van der Waals surface area contributed by atoms with Crippen LogP contribution in [0.5, 0.6) is 0 Å². The number of unbranched alkanes of at least 4 members (excludes halogenated alkanes) is 1. The smallest absolute Gasteiger partial charge is 0.326 e. The molecule has 1 atom stereocenters. The van der Waals surface area contributed by atoms with Crippen LogP contribution in [-0.2, 0) is 9.59 Å². The van der Waals surface area contributed by atoms with E-state index in [0.29, 0.717) is 19.3 Å². The predicted molar refractivity (Wildman–Crippen MR) is 66.6 cm³/mol. The van der Waals surface area contributed by atoms with Crippen LogP contribution in [0, 0.1) is 0 Å². The van der Waals surface area contributed by atoms with Crippen molar-refractivity contribution in [3.63, 3.8) is 0 Å². The summed E-state index contributed by atoms with van der Waals surface area (Å²) in [4.78, 5) is 22.9. The molecule has 0 saturated carbocycles. The maximum absolute atomic E-state index is 11.9. The maximum Gasteiger partial charge on any atom is 0.326 e. The molecular weight excluding hydrogens is 220 g/mol. The molecule has 0 aliphatic heterocycles. The summed E-state index contributed by atoms with van der Waals surface area (Å²) >= 11 is 0. The first-order chi connectivity index (χ1) is 7.91. The molecular formula is C12H24N2O3. The van der Waals surface area contributed by atoms with Crippen molar-refractivity contribution in [2.75, 3.05) is 0 Å². The first-order valence-corrected chi connectivity index (χ1v) is 6.23. The SMILES string of the molecule is CCCCC(NC(=O)C(N)(CC)CC)C(=O)O. The number of amides is 1. The Bertz CT molecular complexity index is 262. The molecule has 0 aliphatic rings. The predicted octanol–water partition coefficient (Wildman–Crippen LogP) is 1.26. The average Bonchev–Trinajstić information content (AvgIpc) is 2.32. The number of nitrogens with two attached hydrogens (primary N) is 1. The van der Waals surface area contributed by atoms with Gasteiger partial charge in [-0.2, -0.15) is 0 Å². The van der Waals surface area contributed by atoms with Crippen molar-refractivity contribution >= 4 is 11.9 Å². The monoisotopic (exact) mass is 244 g/mol. The molecule has 0 aliphatic carbocycles. The Morgan fingerprint density at radius 2 is 1.82 bits per heavy atom. The highest BCUT2D eigenvalue weighted by Gasteiger charge is 2.32. The molecule has 4 N–H and O–H groups in total. The number of carbonyl (C=O) groups excluding carboxylic acids is 1. The van der Waals surface area contributed by atoms with E-state index in [4.69, 9.17) is 10.8 Å². The number of carboxylic acids is 1. The molecule has 0 aromatic rings. The van der Waals surface area contributed by atoms with Crippen LogP contribution >= 0.6 is 0 Å². The van der Waals surface area contributed by atoms with Crippen LogP contribution in [0.3, 0.4) is 0 Å².